The Morgan fingerprint density at radius 3 is 2.68 bits per heavy atom. The highest BCUT2D eigenvalue weighted by Gasteiger charge is 2.07. The maximum Gasteiger partial charge on any atom is 0.260 e. The first-order valence-electron chi connectivity index (χ1n) is 6.98. The van der Waals surface area contributed by atoms with Crippen molar-refractivity contribution in [2.24, 2.45) is 0 Å². The summed E-state index contributed by atoms with van der Waals surface area (Å²) in [5.41, 5.74) is 3.01. The summed E-state index contributed by atoms with van der Waals surface area (Å²) in [6.45, 7) is 2.48. The quantitative estimate of drug-likeness (QED) is 0.793. The molecule has 5 heteroatoms. The van der Waals surface area contributed by atoms with Gasteiger partial charge in [0.25, 0.3) is 5.17 Å². The summed E-state index contributed by atoms with van der Waals surface area (Å²) in [7, 11) is 1.53. The standard InChI is InChI=1S/C17H18ClNO2S/c1-3-12-8-9-16(14(18)10-12)21-11-13-6-4-5-7-15(13)19-17(22)20-2/h4-10H,3,11H2,1-2H3,(H,19,22). The predicted octanol–water partition coefficient (Wildman–Crippen LogP) is 4.82. The van der Waals surface area contributed by atoms with E-state index in [2.05, 4.69) is 12.2 Å². The minimum atomic E-state index is 0.317. The molecule has 0 saturated heterocycles. The molecule has 0 aromatic heterocycles. The first kappa shape index (κ1) is 16.6. The van der Waals surface area contributed by atoms with Crippen molar-refractivity contribution in [1.82, 2.24) is 0 Å². The molecule has 0 heterocycles. The fourth-order valence-corrected chi connectivity index (χ4v) is 2.33. The van der Waals surface area contributed by atoms with E-state index in [0.717, 1.165) is 17.7 Å². The van der Waals surface area contributed by atoms with E-state index < -0.39 is 0 Å². The van der Waals surface area contributed by atoms with Gasteiger partial charge in [0, 0.05) is 11.3 Å². The van der Waals surface area contributed by atoms with E-state index >= 15 is 0 Å². The van der Waals surface area contributed by atoms with Crippen LogP contribution in [0.4, 0.5) is 5.69 Å². The number of hydrogen-bond donors (Lipinski definition) is 1. The number of halogens is 1. The molecular weight excluding hydrogens is 318 g/mol. The zero-order valence-corrected chi connectivity index (χ0v) is 14.1. The second kappa shape index (κ2) is 8.01. The second-order valence-electron chi connectivity index (χ2n) is 4.68. The number of aryl methyl sites for hydroxylation is 1. The fourth-order valence-electron chi connectivity index (χ4n) is 1.97. The number of anilines is 1. The molecule has 0 aliphatic rings. The molecule has 1 N–H and O–H groups in total. The predicted molar refractivity (Wildman–Crippen MR) is 94.8 cm³/mol. The van der Waals surface area contributed by atoms with Gasteiger partial charge in [0.05, 0.1) is 12.1 Å². The molecule has 0 atom stereocenters. The zero-order valence-electron chi connectivity index (χ0n) is 12.6. The van der Waals surface area contributed by atoms with Gasteiger partial charge in [-0.25, -0.2) is 0 Å². The Labute approximate surface area is 141 Å². The van der Waals surface area contributed by atoms with Crippen molar-refractivity contribution in [2.75, 3.05) is 12.4 Å². The summed E-state index contributed by atoms with van der Waals surface area (Å²) >= 11 is 11.3. The van der Waals surface area contributed by atoms with Crippen LogP contribution >= 0.6 is 23.8 Å². The number of hydrogen-bond acceptors (Lipinski definition) is 3. The van der Waals surface area contributed by atoms with E-state index in [1.807, 2.05) is 42.5 Å². The molecule has 0 bridgehead atoms. The summed E-state index contributed by atoms with van der Waals surface area (Å²) in [5.74, 6) is 0.669. The van der Waals surface area contributed by atoms with E-state index in [-0.39, 0.29) is 0 Å². The number of rotatable bonds is 5. The number of thiocarbonyl (C=S) groups is 1. The Morgan fingerprint density at radius 1 is 1.23 bits per heavy atom. The van der Waals surface area contributed by atoms with E-state index in [9.17, 15) is 0 Å². The van der Waals surface area contributed by atoms with Crippen LogP contribution < -0.4 is 10.1 Å². The molecule has 0 fully saturated rings. The van der Waals surface area contributed by atoms with Crippen LogP contribution in [0, 0.1) is 0 Å². The van der Waals surface area contributed by atoms with E-state index in [1.54, 1.807) is 0 Å². The summed E-state index contributed by atoms with van der Waals surface area (Å²) in [6, 6.07) is 13.6. The van der Waals surface area contributed by atoms with Gasteiger partial charge in [0.1, 0.15) is 12.4 Å². The lowest BCUT2D eigenvalue weighted by Gasteiger charge is -2.13. The van der Waals surface area contributed by atoms with Gasteiger partial charge in [-0.05, 0) is 42.4 Å². The molecule has 0 unspecified atom stereocenters. The Bertz CT molecular complexity index is 661. The molecule has 116 valence electrons. The molecule has 0 aliphatic carbocycles. The van der Waals surface area contributed by atoms with Crippen LogP contribution in [0.15, 0.2) is 42.5 Å². The van der Waals surface area contributed by atoms with Gasteiger partial charge in [-0.2, -0.15) is 0 Å². The molecule has 0 radical (unpaired) electrons. The smallest absolute Gasteiger partial charge is 0.260 e. The number of benzene rings is 2. The van der Waals surface area contributed by atoms with E-state index in [4.69, 9.17) is 33.3 Å². The maximum absolute atomic E-state index is 6.24. The van der Waals surface area contributed by atoms with Gasteiger partial charge in [0.15, 0.2) is 0 Å². The van der Waals surface area contributed by atoms with Crippen LogP contribution in [0.2, 0.25) is 5.02 Å². The number of methoxy groups -OCH3 is 1. The SMILES string of the molecule is CCc1ccc(OCc2ccccc2NC(=S)OC)c(Cl)c1. The van der Waals surface area contributed by atoms with Crippen LogP contribution in [0.1, 0.15) is 18.1 Å². The molecule has 2 aromatic carbocycles. The van der Waals surface area contributed by atoms with Crippen molar-refractivity contribution in [3.63, 3.8) is 0 Å². The molecule has 2 rings (SSSR count). The Hall–Kier alpha value is -1.78. The Kier molecular flexibility index (Phi) is 6.04. The van der Waals surface area contributed by atoms with Gasteiger partial charge in [0.2, 0.25) is 0 Å². The van der Waals surface area contributed by atoms with Crippen molar-refractivity contribution < 1.29 is 9.47 Å². The zero-order chi connectivity index (χ0) is 15.9. The lowest BCUT2D eigenvalue weighted by Crippen LogP contribution is -2.12. The summed E-state index contributed by atoms with van der Waals surface area (Å²) in [4.78, 5) is 0. The maximum atomic E-state index is 6.24. The van der Waals surface area contributed by atoms with E-state index in [0.29, 0.717) is 22.6 Å². The monoisotopic (exact) mass is 335 g/mol. The topological polar surface area (TPSA) is 30.5 Å². The Balaban J connectivity index is 2.10. The molecule has 22 heavy (non-hydrogen) atoms. The summed E-state index contributed by atoms with van der Waals surface area (Å²) < 4.78 is 10.8. The largest absolute Gasteiger partial charge is 0.487 e. The van der Waals surface area contributed by atoms with Gasteiger partial charge in [-0.1, -0.05) is 42.8 Å². The first-order chi connectivity index (χ1) is 10.6. The highest BCUT2D eigenvalue weighted by molar-refractivity contribution is 7.80. The molecule has 0 aliphatic heterocycles. The first-order valence-corrected chi connectivity index (χ1v) is 7.76. The average molecular weight is 336 g/mol. The van der Waals surface area contributed by atoms with Crippen molar-refractivity contribution in [3.05, 3.63) is 58.6 Å². The Morgan fingerprint density at radius 2 is 2.00 bits per heavy atom. The molecule has 2 aromatic rings. The normalized spacial score (nSPS) is 10.1. The number of nitrogens with one attached hydrogen (secondary N) is 1. The van der Waals surface area contributed by atoms with Crippen LogP contribution in [-0.2, 0) is 17.8 Å². The molecular formula is C17H18ClNO2S. The third-order valence-electron chi connectivity index (χ3n) is 3.23. The second-order valence-corrected chi connectivity index (χ2v) is 5.46. The molecule has 0 spiro atoms. The van der Waals surface area contributed by atoms with Gasteiger partial charge in [-0.15, -0.1) is 0 Å². The summed E-state index contributed by atoms with van der Waals surface area (Å²) in [5, 5.41) is 3.97. The average Bonchev–Trinajstić information content (AvgIpc) is 2.54. The van der Waals surface area contributed by atoms with Crippen molar-refractivity contribution in [2.45, 2.75) is 20.0 Å². The van der Waals surface area contributed by atoms with Crippen LogP contribution in [-0.4, -0.2) is 12.3 Å². The highest BCUT2D eigenvalue weighted by Crippen LogP contribution is 2.27. The molecule has 3 nitrogen and oxygen atoms in total. The fraction of sp³-hybridized carbons (Fsp3) is 0.235. The van der Waals surface area contributed by atoms with Crippen molar-refractivity contribution >= 4 is 34.7 Å². The van der Waals surface area contributed by atoms with Gasteiger partial charge in [-0.3, -0.25) is 0 Å². The third-order valence-corrected chi connectivity index (χ3v) is 3.79. The number of para-hydroxylation sites is 1. The van der Waals surface area contributed by atoms with Gasteiger partial charge < -0.3 is 14.8 Å². The number of ether oxygens (including phenoxy) is 2. The molecule has 0 amide bonds. The van der Waals surface area contributed by atoms with Gasteiger partial charge >= 0.3 is 0 Å². The summed E-state index contributed by atoms with van der Waals surface area (Å²) in [6.07, 6.45) is 0.946. The highest BCUT2D eigenvalue weighted by atomic mass is 35.5. The third kappa shape index (κ3) is 4.36. The van der Waals surface area contributed by atoms with Crippen LogP contribution in [0.25, 0.3) is 0 Å². The minimum absolute atomic E-state index is 0.317. The molecule has 0 saturated carbocycles. The lowest BCUT2D eigenvalue weighted by molar-refractivity contribution is 0.307. The lowest BCUT2D eigenvalue weighted by atomic mass is 10.1. The van der Waals surface area contributed by atoms with Crippen LogP contribution in [0.3, 0.4) is 0 Å². The van der Waals surface area contributed by atoms with Crippen molar-refractivity contribution in [3.8, 4) is 5.75 Å². The van der Waals surface area contributed by atoms with Crippen LogP contribution in [0.5, 0.6) is 5.75 Å². The van der Waals surface area contributed by atoms with E-state index in [1.165, 1.54) is 12.7 Å². The van der Waals surface area contributed by atoms with Crippen molar-refractivity contribution in [1.29, 1.82) is 0 Å². The minimum Gasteiger partial charge on any atom is -0.487 e.